The second-order valence-corrected chi connectivity index (χ2v) is 11.4. The fraction of sp³-hybridized carbons (Fsp3) is 0.680. The van der Waals surface area contributed by atoms with Crippen LogP contribution in [0.4, 0.5) is 0 Å². The van der Waals surface area contributed by atoms with Gasteiger partial charge in [-0.25, -0.2) is 0 Å². The average molecular weight is 419 g/mol. The molecule has 0 amide bonds. The zero-order valence-corrected chi connectivity index (χ0v) is 19.3. The van der Waals surface area contributed by atoms with E-state index in [1.807, 2.05) is 25.6 Å². The standard InChI is InChI=1S/C25H38O3S/c1-17-19(8-7-15-25(17,27)28)10-11-20-9-6-14-24(5)21(12-13-22(20)24)18(2)29-16-23(3,4)26/h10-12,18,22,26-28H,1,6-9,13-16H2,2-5H3/b19-10-,20-11+/t18?,22-,24+/m0/s1. The van der Waals surface area contributed by atoms with Crippen LogP contribution in [0.25, 0.3) is 0 Å². The topological polar surface area (TPSA) is 60.7 Å². The van der Waals surface area contributed by atoms with E-state index < -0.39 is 11.4 Å². The van der Waals surface area contributed by atoms with Crippen LogP contribution in [0.3, 0.4) is 0 Å². The van der Waals surface area contributed by atoms with Gasteiger partial charge in [-0.15, -0.1) is 0 Å². The molecule has 29 heavy (non-hydrogen) atoms. The van der Waals surface area contributed by atoms with E-state index in [4.69, 9.17) is 0 Å². The Labute approximate surface area is 180 Å². The predicted octanol–water partition coefficient (Wildman–Crippen LogP) is 5.29. The van der Waals surface area contributed by atoms with Crippen molar-refractivity contribution in [3.05, 3.63) is 47.1 Å². The minimum Gasteiger partial charge on any atom is -0.390 e. The van der Waals surface area contributed by atoms with Crippen molar-refractivity contribution in [1.82, 2.24) is 0 Å². The molecule has 2 fully saturated rings. The van der Waals surface area contributed by atoms with Gasteiger partial charge in [0.2, 0.25) is 0 Å². The van der Waals surface area contributed by atoms with Gasteiger partial charge in [-0.05, 0) is 76.2 Å². The van der Waals surface area contributed by atoms with E-state index in [1.165, 1.54) is 18.4 Å². The number of fused-ring (bicyclic) bond motifs is 1. The highest BCUT2D eigenvalue weighted by atomic mass is 32.2. The first-order valence-corrected chi connectivity index (χ1v) is 12.1. The van der Waals surface area contributed by atoms with E-state index in [0.717, 1.165) is 37.0 Å². The number of hydrogen-bond acceptors (Lipinski definition) is 4. The van der Waals surface area contributed by atoms with Gasteiger partial charge in [0.1, 0.15) is 0 Å². The SMILES string of the molecule is C=C1/C(=C\C=C2/CCC[C@]3(C)C(C(C)SCC(C)(C)O)=CC[C@@H]23)CCCC1(O)O. The molecule has 0 aromatic carbocycles. The van der Waals surface area contributed by atoms with E-state index in [0.29, 0.717) is 23.2 Å². The summed E-state index contributed by atoms with van der Waals surface area (Å²) in [6.45, 7) is 12.4. The van der Waals surface area contributed by atoms with Crippen LogP contribution in [0.15, 0.2) is 47.1 Å². The number of thioether (sulfide) groups is 1. The smallest absolute Gasteiger partial charge is 0.189 e. The molecule has 3 atom stereocenters. The molecule has 3 aliphatic carbocycles. The highest BCUT2D eigenvalue weighted by molar-refractivity contribution is 8.00. The van der Waals surface area contributed by atoms with Gasteiger partial charge >= 0.3 is 0 Å². The van der Waals surface area contributed by atoms with Gasteiger partial charge in [-0.3, -0.25) is 0 Å². The van der Waals surface area contributed by atoms with Crippen LogP contribution in [0, 0.1) is 11.3 Å². The third-order valence-corrected chi connectivity index (χ3v) is 8.70. The molecule has 4 heteroatoms. The monoisotopic (exact) mass is 418 g/mol. The van der Waals surface area contributed by atoms with Gasteiger partial charge in [0.15, 0.2) is 5.79 Å². The number of aliphatic hydroxyl groups is 3. The molecule has 0 aliphatic heterocycles. The second kappa shape index (κ2) is 8.37. The number of allylic oxidation sites excluding steroid dienone is 4. The molecule has 3 nitrogen and oxygen atoms in total. The molecule has 0 aromatic heterocycles. The molecule has 0 aromatic rings. The Kier molecular flexibility index (Phi) is 6.60. The maximum Gasteiger partial charge on any atom is 0.189 e. The van der Waals surface area contributed by atoms with Crippen molar-refractivity contribution in [3.8, 4) is 0 Å². The third kappa shape index (κ3) is 4.92. The lowest BCUT2D eigenvalue weighted by atomic mass is 9.64. The lowest BCUT2D eigenvalue weighted by Gasteiger charge is -2.42. The summed E-state index contributed by atoms with van der Waals surface area (Å²) in [7, 11) is 0. The van der Waals surface area contributed by atoms with Crippen molar-refractivity contribution in [2.24, 2.45) is 11.3 Å². The van der Waals surface area contributed by atoms with Crippen molar-refractivity contribution in [2.45, 2.75) is 89.3 Å². The van der Waals surface area contributed by atoms with Gasteiger partial charge in [0.05, 0.1) is 5.60 Å². The molecule has 0 radical (unpaired) electrons. The Hall–Kier alpha value is -0.810. The quantitative estimate of drug-likeness (QED) is 0.419. The van der Waals surface area contributed by atoms with Gasteiger partial charge in [0, 0.05) is 23.0 Å². The van der Waals surface area contributed by atoms with Gasteiger partial charge in [-0.1, -0.05) is 42.9 Å². The third-order valence-electron chi connectivity index (χ3n) is 7.08. The Morgan fingerprint density at radius 3 is 2.62 bits per heavy atom. The van der Waals surface area contributed by atoms with Crippen molar-refractivity contribution in [2.75, 3.05) is 5.75 Å². The van der Waals surface area contributed by atoms with E-state index in [-0.39, 0.29) is 5.41 Å². The number of hydrogen-bond donors (Lipinski definition) is 3. The Morgan fingerprint density at radius 1 is 1.24 bits per heavy atom. The summed E-state index contributed by atoms with van der Waals surface area (Å²) in [6.07, 6.45) is 13.4. The molecule has 0 bridgehead atoms. The fourth-order valence-electron chi connectivity index (χ4n) is 5.38. The van der Waals surface area contributed by atoms with Crippen molar-refractivity contribution < 1.29 is 15.3 Å². The van der Waals surface area contributed by atoms with Crippen LogP contribution in [-0.2, 0) is 0 Å². The maximum absolute atomic E-state index is 10.1. The van der Waals surface area contributed by atoms with Crippen LogP contribution in [0.1, 0.15) is 72.6 Å². The van der Waals surface area contributed by atoms with Crippen LogP contribution >= 0.6 is 11.8 Å². The summed E-state index contributed by atoms with van der Waals surface area (Å²) < 4.78 is 0. The van der Waals surface area contributed by atoms with E-state index in [9.17, 15) is 15.3 Å². The zero-order valence-electron chi connectivity index (χ0n) is 18.5. The molecule has 3 rings (SSSR count). The van der Waals surface area contributed by atoms with Gasteiger partial charge < -0.3 is 15.3 Å². The Bertz CT molecular complexity index is 738. The van der Waals surface area contributed by atoms with Crippen molar-refractivity contribution in [3.63, 3.8) is 0 Å². The highest BCUT2D eigenvalue weighted by Crippen LogP contribution is 2.56. The predicted molar refractivity (Wildman–Crippen MR) is 123 cm³/mol. The van der Waals surface area contributed by atoms with Gasteiger partial charge in [-0.2, -0.15) is 11.8 Å². The first-order valence-electron chi connectivity index (χ1n) is 11.0. The zero-order chi connectivity index (χ0) is 21.4. The van der Waals surface area contributed by atoms with Crippen LogP contribution < -0.4 is 0 Å². The summed E-state index contributed by atoms with van der Waals surface area (Å²) in [5.41, 5.74) is 4.01. The van der Waals surface area contributed by atoms with Crippen LogP contribution in [0.2, 0.25) is 0 Å². The summed E-state index contributed by atoms with van der Waals surface area (Å²) in [5, 5.41) is 30.7. The van der Waals surface area contributed by atoms with Crippen molar-refractivity contribution in [1.29, 1.82) is 0 Å². The minimum atomic E-state index is -1.75. The molecule has 0 saturated heterocycles. The molecule has 2 saturated carbocycles. The Balaban J connectivity index is 1.76. The van der Waals surface area contributed by atoms with Crippen LogP contribution in [0.5, 0.6) is 0 Å². The summed E-state index contributed by atoms with van der Waals surface area (Å²) in [6, 6.07) is 0. The van der Waals surface area contributed by atoms with Gasteiger partial charge in [0.25, 0.3) is 0 Å². The maximum atomic E-state index is 10.1. The molecular weight excluding hydrogens is 380 g/mol. The van der Waals surface area contributed by atoms with Crippen LogP contribution in [-0.4, -0.2) is 37.7 Å². The Morgan fingerprint density at radius 2 is 1.93 bits per heavy atom. The highest BCUT2D eigenvalue weighted by Gasteiger charge is 2.46. The largest absolute Gasteiger partial charge is 0.390 e. The number of rotatable bonds is 5. The fourth-order valence-corrected chi connectivity index (χ4v) is 6.58. The summed E-state index contributed by atoms with van der Waals surface area (Å²) >= 11 is 1.86. The van der Waals surface area contributed by atoms with E-state index in [1.54, 1.807) is 5.57 Å². The van der Waals surface area contributed by atoms with Crippen molar-refractivity contribution >= 4 is 11.8 Å². The normalized spacial score (nSPS) is 33.7. The molecule has 1 unspecified atom stereocenters. The summed E-state index contributed by atoms with van der Waals surface area (Å²) in [5.74, 6) is -0.482. The molecule has 3 N–H and O–H groups in total. The first-order chi connectivity index (χ1) is 13.4. The minimum absolute atomic E-state index is 0.190. The lowest BCUT2D eigenvalue weighted by molar-refractivity contribution is -0.136. The summed E-state index contributed by atoms with van der Waals surface area (Å²) in [4.78, 5) is 0. The van der Waals surface area contributed by atoms with E-state index in [2.05, 4.69) is 38.7 Å². The van der Waals surface area contributed by atoms with E-state index >= 15 is 0 Å². The molecule has 0 heterocycles. The second-order valence-electron chi connectivity index (χ2n) is 10.1. The molecule has 0 spiro atoms. The molecule has 162 valence electrons. The first kappa shape index (κ1) is 22.9. The molecular formula is C25H38O3S. The average Bonchev–Trinajstić information content (AvgIpc) is 2.98. The molecule has 3 aliphatic rings. The lowest BCUT2D eigenvalue weighted by Crippen LogP contribution is -2.34.